The van der Waals surface area contributed by atoms with Crippen LogP contribution in [0.2, 0.25) is 0 Å². The monoisotopic (exact) mass is 284 g/mol. The number of nitrogens with zero attached hydrogens (tertiary/aromatic N) is 5. The number of rotatable bonds is 5. The Balaban J connectivity index is 1.80. The number of pyridine rings is 1. The lowest BCUT2D eigenvalue weighted by Crippen LogP contribution is -2.24. The van der Waals surface area contributed by atoms with Crippen LogP contribution in [0.1, 0.15) is 12.7 Å². The van der Waals surface area contributed by atoms with E-state index in [0.717, 1.165) is 17.7 Å². The van der Waals surface area contributed by atoms with Gasteiger partial charge in [0.2, 0.25) is 0 Å². The minimum absolute atomic E-state index is 0.300. The molecule has 1 N–H and O–H groups in total. The molecule has 0 aliphatic rings. The molecule has 0 fully saturated rings. The van der Waals surface area contributed by atoms with Crippen molar-refractivity contribution in [2.24, 2.45) is 0 Å². The summed E-state index contributed by atoms with van der Waals surface area (Å²) < 4.78 is 7.01. The Morgan fingerprint density at radius 3 is 3.05 bits per heavy atom. The molecule has 0 radical (unpaired) electrons. The third kappa shape index (κ3) is 2.97. The lowest BCUT2D eigenvalue weighted by atomic mass is 10.2. The van der Waals surface area contributed by atoms with Crippen LogP contribution < -0.4 is 5.32 Å². The molecule has 0 spiro atoms. The first-order valence-corrected chi connectivity index (χ1v) is 6.71. The lowest BCUT2D eigenvalue weighted by molar-refractivity contribution is 0.418. The second kappa shape index (κ2) is 5.84. The molecule has 3 aromatic rings. The molecule has 0 bridgehead atoms. The van der Waals surface area contributed by atoms with E-state index in [2.05, 4.69) is 32.5 Å². The van der Waals surface area contributed by atoms with Gasteiger partial charge in [0.25, 0.3) is 5.89 Å². The molecule has 0 aliphatic carbocycles. The molecule has 3 rings (SSSR count). The Labute approximate surface area is 122 Å². The molecule has 0 aromatic carbocycles. The molecule has 7 nitrogen and oxygen atoms in total. The smallest absolute Gasteiger partial charge is 0.261 e. The van der Waals surface area contributed by atoms with E-state index in [0.29, 0.717) is 17.8 Å². The van der Waals surface area contributed by atoms with Gasteiger partial charge in [-0.2, -0.15) is 10.1 Å². The largest absolute Gasteiger partial charge is 0.334 e. The predicted molar refractivity (Wildman–Crippen MR) is 76.9 cm³/mol. The van der Waals surface area contributed by atoms with Crippen LogP contribution in [0.3, 0.4) is 0 Å². The van der Waals surface area contributed by atoms with Crippen molar-refractivity contribution in [1.82, 2.24) is 30.2 Å². The van der Waals surface area contributed by atoms with Gasteiger partial charge in [-0.25, -0.2) is 4.68 Å². The van der Waals surface area contributed by atoms with E-state index >= 15 is 0 Å². The summed E-state index contributed by atoms with van der Waals surface area (Å²) in [6, 6.07) is 4.09. The number of hydrogen-bond donors (Lipinski definition) is 1. The van der Waals surface area contributed by atoms with Crippen molar-refractivity contribution in [1.29, 1.82) is 0 Å². The van der Waals surface area contributed by atoms with Gasteiger partial charge in [0.05, 0.1) is 23.6 Å². The molecule has 0 amide bonds. The maximum absolute atomic E-state index is 5.29. The molecule has 1 unspecified atom stereocenters. The van der Waals surface area contributed by atoms with E-state index in [9.17, 15) is 0 Å². The minimum Gasteiger partial charge on any atom is -0.334 e. The van der Waals surface area contributed by atoms with E-state index in [1.165, 1.54) is 0 Å². The van der Waals surface area contributed by atoms with Crippen molar-refractivity contribution >= 4 is 0 Å². The summed E-state index contributed by atoms with van der Waals surface area (Å²) >= 11 is 0. The van der Waals surface area contributed by atoms with E-state index in [-0.39, 0.29) is 0 Å². The van der Waals surface area contributed by atoms with Crippen molar-refractivity contribution in [3.05, 3.63) is 42.7 Å². The number of nitrogens with one attached hydrogen (secondary N) is 1. The van der Waals surface area contributed by atoms with Gasteiger partial charge in [-0.1, -0.05) is 5.16 Å². The van der Waals surface area contributed by atoms with Gasteiger partial charge in [-0.05, 0) is 26.1 Å². The van der Waals surface area contributed by atoms with E-state index in [1.54, 1.807) is 23.3 Å². The third-order valence-electron chi connectivity index (χ3n) is 3.19. The van der Waals surface area contributed by atoms with Crippen molar-refractivity contribution in [3.63, 3.8) is 0 Å². The number of likely N-dealkylation sites (N-methyl/N-ethyl adjacent to an activating group) is 1. The molecule has 7 heteroatoms. The van der Waals surface area contributed by atoms with E-state index in [1.807, 2.05) is 25.4 Å². The summed E-state index contributed by atoms with van der Waals surface area (Å²) in [5.74, 6) is 1.16. The Hall–Kier alpha value is -2.54. The van der Waals surface area contributed by atoms with Crippen LogP contribution in [-0.2, 0) is 6.42 Å². The van der Waals surface area contributed by atoms with Gasteiger partial charge >= 0.3 is 0 Å². The van der Waals surface area contributed by atoms with Crippen LogP contribution in [0.25, 0.3) is 17.1 Å². The SMILES string of the molecule is CNC(C)Cc1noc(-c2cnn(-c3cccnc3)c2)n1. The molecule has 3 aromatic heterocycles. The molecule has 1 atom stereocenters. The van der Waals surface area contributed by atoms with Crippen molar-refractivity contribution in [2.75, 3.05) is 7.05 Å². The molecule has 3 heterocycles. The van der Waals surface area contributed by atoms with Gasteiger partial charge < -0.3 is 9.84 Å². The molecule has 0 aliphatic heterocycles. The summed E-state index contributed by atoms with van der Waals surface area (Å²) in [6.45, 7) is 2.07. The van der Waals surface area contributed by atoms with Gasteiger partial charge in [0.15, 0.2) is 5.82 Å². The molecule has 0 saturated heterocycles. The van der Waals surface area contributed by atoms with Gasteiger partial charge in [0, 0.05) is 24.9 Å². The highest BCUT2D eigenvalue weighted by atomic mass is 16.5. The first kappa shape index (κ1) is 13.4. The maximum Gasteiger partial charge on any atom is 0.261 e. The van der Waals surface area contributed by atoms with Crippen LogP contribution in [0.4, 0.5) is 0 Å². The molecular weight excluding hydrogens is 268 g/mol. The van der Waals surface area contributed by atoms with Crippen LogP contribution in [-0.4, -0.2) is 38.0 Å². The lowest BCUT2D eigenvalue weighted by Gasteiger charge is -2.04. The van der Waals surface area contributed by atoms with Crippen LogP contribution in [0, 0.1) is 0 Å². The fraction of sp³-hybridized carbons (Fsp3) is 0.286. The fourth-order valence-corrected chi connectivity index (χ4v) is 1.89. The average molecular weight is 284 g/mol. The van der Waals surface area contributed by atoms with Crippen molar-refractivity contribution in [2.45, 2.75) is 19.4 Å². The summed E-state index contributed by atoms with van der Waals surface area (Å²) in [6.07, 6.45) is 7.73. The third-order valence-corrected chi connectivity index (χ3v) is 3.19. The van der Waals surface area contributed by atoms with Gasteiger partial charge in [0.1, 0.15) is 0 Å². The zero-order chi connectivity index (χ0) is 14.7. The molecule has 0 saturated carbocycles. The average Bonchev–Trinajstić information content (AvgIpc) is 3.17. The van der Waals surface area contributed by atoms with Crippen molar-refractivity contribution < 1.29 is 4.52 Å². The Bertz CT molecular complexity index is 705. The normalized spacial score (nSPS) is 12.5. The second-order valence-electron chi connectivity index (χ2n) is 4.79. The first-order chi connectivity index (χ1) is 10.3. The standard InChI is InChI=1S/C14H16N6O/c1-10(15-2)6-13-18-14(21-19-13)11-7-17-20(9-11)12-4-3-5-16-8-12/h3-5,7-10,15H,6H2,1-2H3. The topological polar surface area (TPSA) is 81.7 Å². The quantitative estimate of drug-likeness (QED) is 0.764. The Kier molecular flexibility index (Phi) is 3.74. The molecule has 21 heavy (non-hydrogen) atoms. The van der Waals surface area contributed by atoms with Crippen LogP contribution in [0.5, 0.6) is 0 Å². The summed E-state index contributed by atoms with van der Waals surface area (Å²) in [4.78, 5) is 8.46. The Morgan fingerprint density at radius 2 is 2.29 bits per heavy atom. The summed E-state index contributed by atoms with van der Waals surface area (Å²) in [7, 11) is 1.91. The van der Waals surface area contributed by atoms with Gasteiger partial charge in [-0.15, -0.1) is 0 Å². The number of hydrogen-bond acceptors (Lipinski definition) is 6. The number of aromatic nitrogens is 5. The predicted octanol–water partition coefficient (Wildman–Crippen LogP) is 1.47. The zero-order valence-corrected chi connectivity index (χ0v) is 11.9. The Morgan fingerprint density at radius 1 is 1.38 bits per heavy atom. The van der Waals surface area contributed by atoms with Crippen LogP contribution in [0.15, 0.2) is 41.4 Å². The highest BCUT2D eigenvalue weighted by Gasteiger charge is 2.13. The van der Waals surface area contributed by atoms with Crippen molar-refractivity contribution in [3.8, 4) is 17.1 Å². The van der Waals surface area contributed by atoms with Crippen LogP contribution >= 0.6 is 0 Å². The summed E-state index contributed by atoms with van der Waals surface area (Å²) in [5.41, 5.74) is 1.67. The highest BCUT2D eigenvalue weighted by molar-refractivity contribution is 5.50. The maximum atomic E-state index is 5.29. The van der Waals surface area contributed by atoms with E-state index < -0.39 is 0 Å². The molecular formula is C14H16N6O. The van der Waals surface area contributed by atoms with Gasteiger partial charge in [-0.3, -0.25) is 4.98 Å². The minimum atomic E-state index is 0.300. The second-order valence-corrected chi connectivity index (χ2v) is 4.79. The fourth-order valence-electron chi connectivity index (χ4n) is 1.89. The van der Waals surface area contributed by atoms with E-state index in [4.69, 9.17) is 4.52 Å². The molecule has 108 valence electrons. The summed E-state index contributed by atoms with van der Waals surface area (Å²) in [5, 5.41) is 11.4. The first-order valence-electron chi connectivity index (χ1n) is 6.71. The zero-order valence-electron chi connectivity index (χ0n) is 11.9. The highest BCUT2D eigenvalue weighted by Crippen LogP contribution is 2.18.